The molecule has 0 saturated carbocycles. The summed E-state index contributed by atoms with van der Waals surface area (Å²) in [6.45, 7) is 3.00. The van der Waals surface area contributed by atoms with Gasteiger partial charge in [0.2, 0.25) is 11.8 Å². The summed E-state index contributed by atoms with van der Waals surface area (Å²) in [4.78, 5) is 30.0. The molecule has 25 heavy (non-hydrogen) atoms. The van der Waals surface area contributed by atoms with E-state index in [2.05, 4.69) is 0 Å². The van der Waals surface area contributed by atoms with E-state index >= 15 is 0 Å². The minimum Gasteiger partial charge on any atom is -0.312 e. The molecule has 1 fully saturated rings. The van der Waals surface area contributed by atoms with E-state index in [1.165, 1.54) is 0 Å². The number of hydrogen-bond acceptors (Lipinski definition) is 3. The molecule has 0 aromatic heterocycles. The summed E-state index contributed by atoms with van der Waals surface area (Å²) in [5, 5.41) is 0. The second-order valence-electron chi connectivity index (χ2n) is 6.02. The smallest absolute Gasteiger partial charge is 0.232 e. The summed E-state index contributed by atoms with van der Waals surface area (Å²) in [5.41, 5.74) is 1.74. The molecule has 1 aliphatic rings. The highest BCUT2D eigenvalue weighted by molar-refractivity contribution is 7.98. The molecule has 1 atom stereocenters. The Labute approximate surface area is 152 Å². The molecular weight excluding hydrogens is 332 g/mol. The molecule has 5 heteroatoms. The number of nitrogens with zero attached hydrogens (tertiary/aromatic N) is 2. The molecule has 0 spiro atoms. The fraction of sp³-hybridized carbons (Fsp3) is 0.300. The number of benzene rings is 2. The molecule has 0 radical (unpaired) electrons. The lowest BCUT2D eigenvalue weighted by atomic mass is 10.1. The third kappa shape index (κ3) is 3.71. The van der Waals surface area contributed by atoms with Crippen LogP contribution in [0.1, 0.15) is 13.3 Å². The van der Waals surface area contributed by atoms with E-state index in [1.807, 2.05) is 67.8 Å². The summed E-state index contributed by atoms with van der Waals surface area (Å²) < 4.78 is 0. The van der Waals surface area contributed by atoms with E-state index in [0.717, 1.165) is 16.3 Å². The van der Waals surface area contributed by atoms with Crippen LogP contribution in [-0.4, -0.2) is 31.2 Å². The maximum atomic E-state index is 12.9. The van der Waals surface area contributed by atoms with Gasteiger partial charge in [-0.2, -0.15) is 0 Å². The Kier molecular flexibility index (Phi) is 5.43. The largest absolute Gasteiger partial charge is 0.312 e. The van der Waals surface area contributed by atoms with Crippen LogP contribution < -0.4 is 9.80 Å². The van der Waals surface area contributed by atoms with Gasteiger partial charge in [-0.05, 0) is 49.6 Å². The van der Waals surface area contributed by atoms with Gasteiger partial charge in [0, 0.05) is 35.8 Å². The van der Waals surface area contributed by atoms with Crippen LogP contribution >= 0.6 is 11.8 Å². The predicted molar refractivity (Wildman–Crippen MR) is 103 cm³/mol. The molecule has 1 heterocycles. The average molecular weight is 354 g/mol. The summed E-state index contributed by atoms with van der Waals surface area (Å²) in [7, 11) is 0. The summed E-state index contributed by atoms with van der Waals surface area (Å²) in [6.07, 6.45) is 2.29. The number of carbonyl (C=O) groups excluding carboxylic acids is 2. The minimum atomic E-state index is -0.298. The Bertz CT molecular complexity index is 746. The molecule has 130 valence electrons. The van der Waals surface area contributed by atoms with Crippen LogP contribution in [0, 0.1) is 5.92 Å². The van der Waals surface area contributed by atoms with Crippen molar-refractivity contribution in [1.29, 1.82) is 0 Å². The van der Waals surface area contributed by atoms with Crippen molar-refractivity contribution >= 4 is 35.0 Å². The zero-order chi connectivity index (χ0) is 17.8. The highest BCUT2D eigenvalue weighted by Gasteiger charge is 2.37. The first-order valence-corrected chi connectivity index (χ1v) is 9.67. The van der Waals surface area contributed by atoms with Crippen molar-refractivity contribution in [2.75, 3.05) is 29.1 Å². The molecule has 2 aromatic rings. The molecule has 2 aromatic carbocycles. The highest BCUT2D eigenvalue weighted by atomic mass is 32.2. The lowest BCUT2D eigenvalue weighted by molar-refractivity contribution is -0.124. The van der Waals surface area contributed by atoms with Crippen LogP contribution in [0.4, 0.5) is 11.4 Å². The molecule has 1 saturated heterocycles. The van der Waals surface area contributed by atoms with Gasteiger partial charge < -0.3 is 9.80 Å². The van der Waals surface area contributed by atoms with Crippen LogP contribution in [0.15, 0.2) is 59.5 Å². The van der Waals surface area contributed by atoms with Gasteiger partial charge in [0.05, 0.1) is 5.92 Å². The Balaban J connectivity index is 1.75. The molecule has 0 aliphatic carbocycles. The van der Waals surface area contributed by atoms with Crippen molar-refractivity contribution in [1.82, 2.24) is 0 Å². The molecular formula is C20H22N2O2S. The second-order valence-corrected chi connectivity index (χ2v) is 6.90. The van der Waals surface area contributed by atoms with Crippen molar-refractivity contribution in [3.63, 3.8) is 0 Å². The van der Waals surface area contributed by atoms with Crippen LogP contribution in [0.25, 0.3) is 0 Å². The van der Waals surface area contributed by atoms with Crippen LogP contribution in [0.5, 0.6) is 0 Å². The molecule has 1 aliphatic heterocycles. The number of rotatable bonds is 5. The summed E-state index contributed by atoms with van der Waals surface area (Å²) >= 11 is 1.67. The number of amides is 2. The normalized spacial score (nSPS) is 17.0. The molecule has 4 nitrogen and oxygen atoms in total. The SMILES string of the molecule is CCN(C(=O)C1CC(=O)N(c2ccc(SC)cc2)C1)c1ccccc1. The van der Waals surface area contributed by atoms with Crippen LogP contribution in [0.3, 0.4) is 0 Å². The van der Waals surface area contributed by atoms with E-state index in [9.17, 15) is 9.59 Å². The Morgan fingerprint density at radius 2 is 1.84 bits per heavy atom. The lowest BCUT2D eigenvalue weighted by Crippen LogP contribution is -2.37. The first-order valence-electron chi connectivity index (χ1n) is 8.45. The topological polar surface area (TPSA) is 40.6 Å². The second kappa shape index (κ2) is 7.74. The number of para-hydroxylation sites is 1. The van der Waals surface area contributed by atoms with E-state index < -0.39 is 0 Å². The van der Waals surface area contributed by atoms with Crippen molar-refractivity contribution in [3.8, 4) is 0 Å². The molecule has 2 amide bonds. The fourth-order valence-electron chi connectivity index (χ4n) is 3.18. The van der Waals surface area contributed by atoms with Crippen LogP contribution in [-0.2, 0) is 9.59 Å². The van der Waals surface area contributed by atoms with Gasteiger partial charge in [0.15, 0.2) is 0 Å². The van der Waals surface area contributed by atoms with E-state index in [4.69, 9.17) is 0 Å². The maximum Gasteiger partial charge on any atom is 0.232 e. The van der Waals surface area contributed by atoms with Gasteiger partial charge >= 0.3 is 0 Å². The van der Waals surface area contributed by atoms with E-state index in [-0.39, 0.29) is 24.2 Å². The van der Waals surface area contributed by atoms with Gasteiger partial charge in [-0.15, -0.1) is 11.8 Å². The van der Waals surface area contributed by atoms with Crippen molar-refractivity contribution < 1.29 is 9.59 Å². The molecule has 3 rings (SSSR count). The molecule has 0 bridgehead atoms. The zero-order valence-electron chi connectivity index (χ0n) is 14.5. The monoisotopic (exact) mass is 354 g/mol. The predicted octanol–water partition coefficient (Wildman–Crippen LogP) is 3.81. The van der Waals surface area contributed by atoms with Gasteiger partial charge in [-0.3, -0.25) is 9.59 Å². The molecule has 1 unspecified atom stereocenters. The van der Waals surface area contributed by atoms with Crippen LogP contribution in [0.2, 0.25) is 0 Å². The minimum absolute atomic E-state index is 0.0133. The number of thioether (sulfide) groups is 1. The number of carbonyl (C=O) groups is 2. The Morgan fingerprint density at radius 1 is 1.16 bits per heavy atom. The van der Waals surface area contributed by atoms with Crippen molar-refractivity contribution in [2.45, 2.75) is 18.2 Å². The van der Waals surface area contributed by atoms with Gasteiger partial charge in [0.25, 0.3) is 0 Å². The third-order valence-electron chi connectivity index (χ3n) is 4.51. The van der Waals surface area contributed by atoms with E-state index in [0.29, 0.717) is 13.1 Å². The van der Waals surface area contributed by atoms with Crippen molar-refractivity contribution in [3.05, 3.63) is 54.6 Å². The fourth-order valence-corrected chi connectivity index (χ4v) is 3.59. The summed E-state index contributed by atoms with van der Waals surface area (Å²) in [5.74, 6) is -0.266. The first kappa shape index (κ1) is 17.5. The Morgan fingerprint density at radius 3 is 2.44 bits per heavy atom. The number of hydrogen-bond donors (Lipinski definition) is 0. The first-order chi connectivity index (χ1) is 12.1. The standard InChI is InChI=1S/C20H22N2O2S/c1-3-21(16-7-5-4-6-8-16)20(24)15-13-19(23)22(14-15)17-9-11-18(25-2)12-10-17/h4-12,15H,3,13-14H2,1-2H3. The highest BCUT2D eigenvalue weighted by Crippen LogP contribution is 2.29. The van der Waals surface area contributed by atoms with Gasteiger partial charge in [0.1, 0.15) is 0 Å². The third-order valence-corrected chi connectivity index (χ3v) is 5.25. The maximum absolute atomic E-state index is 12.9. The quantitative estimate of drug-likeness (QED) is 0.767. The van der Waals surface area contributed by atoms with Gasteiger partial charge in [-0.1, -0.05) is 18.2 Å². The zero-order valence-corrected chi connectivity index (χ0v) is 15.3. The lowest BCUT2D eigenvalue weighted by Gasteiger charge is -2.24. The molecule has 0 N–H and O–H groups in total. The van der Waals surface area contributed by atoms with Gasteiger partial charge in [-0.25, -0.2) is 0 Å². The average Bonchev–Trinajstić information content (AvgIpc) is 3.05. The Hall–Kier alpha value is -2.27. The van der Waals surface area contributed by atoms with Crippen molar-refractivity contribution in [2.24, 2.45) is 5.92 Å². The summed E-state index contributed by atoms with van der Waals surface area (Å²) in [6, 6.07) is 17.5. The number of anilines is 2. The van der Waals surface area contributed by atoms with E-state index in [1.54, 1.807) is 21.6 Å².